The Kier molecular flexibility index (Phi) is 2.07. The average molecular weight is 166 g/mol. The molecule has 2 atom stereocenters. The minimum Gasteiger partial charge on any atom is -0.369 e. The summed E-state index contributed by atoms with van der Waals surface area (Å²) >= 11 is 0. The van der Waals surface area contributed by atoms with Crippen molar-refractivity contribution < 1.29 is 0 Å². The number of hydrogen-bond acceptors (Lipinski definition) is 2. The largest absolute Gasteiger partial charge is 0.369 e. The van der Waals surface area contributed by atoms with Crippen LogP contribution in [0.1, 0.15) is 39.5 Å². The lowest BCUT2D eigenvalue weighted by molar-refractivity contribution is 0.384. The van der Waals surface area contributed by atoms with Gasteiger partial charge in [0.1, 0.15) is 0 Å². The molecule has 0 aromatic heterocycles. The SMILES string of the molecule is CC(C)C1=NC2CCCCC2N1. The van der Waals surface area contributed by atoms with Gasteiger partial charge in [0.15, 0.2) is 0 Å². The van der Waals surface area contributed by atoms with Crippen molar-refractivity contribution in [3.63, 3.8) is 0 Å². The van der Waals surface area contributed by atoms with Gasteiger partial charge in [-0.3, -0.25) is 4.99 Å². The molecule has 2 nitrogen and oxygen atoms in total. The number of fused-ring (bicyclic) bond motifs is 1. The second kappa shape index (κ2) is 3.08. The van der Waals surface area contributed by atoms with Crippen molar-refractivity contribution in [1.29, 1.82) is 0 Å². The van der Waals surface area contributed by atoms with Crippen LogP contribution in [0, 0.1) is 5.92 Å². The Morgan fingerprint density at radius 3 is 2.75 bits per heavy atom. The molecule has 2 rings (SSSR count). The number of rotatable bonds is 1. The van der Waals surface area contributed by atoms with Crippen molar-refractivity contribution in [3.05, 3.63) is 0 Å². The Bertz CT molecular complexity index is 196. The smallest absolute Gasteiger partial charge is 0.0996 e. The average Bonchev–Trinajstić information content (AvgIpc) is 2.46. The van der Waals surface area contributed by atoms with Crippen LogP contribution in [0.5, 0.6) is 0 Å². The van der Waals surface area contributed by atoms with Crippen LogP contribution >= 0.6 is 0 Å². The molecular formula is C10H18N2. The van der Waals surface area contributed by atoms with Crippen LogP contribution in [-0.2, 0) is 0 Å². The van der Waals surface area contributed by atoms with E-state index in [1.165, 1.54) is 31.5 Å². The van der Waals surface area contributed by atoms with Crippen molar-refractivity contribution in [2.24, 2.45) is 10.9 Å². The van der Waals surface area contributed by atoms with Gasteiger partial charge in [0, 0.05) is 12.0 Å². The standard InChI is InChI=1S/C10H18N2/c1-7(2)10-11-8-5-3-4-6-9(8)12-10/h7-9H,3-6H2,1-2H3,(H,11,12). The maximum absolute atomic E-state index is 4.72. The third-order valence-electron chi connectivity index (χ3n) is 2.91. The van der Waals surface area contributed by atoms with Crippen LogP contribution < -0.4 is 5.32 Å². The van der Waals surface area contributed by atoms with Crippen molar-refractivity contribution in [2.75, 3.05) is 0 Å². The monoisotopic (exact) mass is 166 g/mol. The van der Waals surface area contributed by atoms with E-state index in [0.29, 0.717) is 18.0 Å². The topological polar surface area (TPSA) is 24.4 Å². The predicted molar refractivity (Wildman–Crippen MR) is 51.5 cm³/mol. The van der Waals surface area contributed by atoms with Crippen LogP contribution in [0.3, 0.4) is 0 Å². The molecule has 0 bridgehead atoms. The molecule has 1 heterocycles. The first-order valence-electron chi connectivity index (χ1n) is 5.11. The molecule has 1 saturated carbocycles. The van der Waals surface area contributed by atoms with E-state index in [4.69, 9.17) is 4.99 Å². The minimum absolute atomic E-state index is 0.579. The molecule has 1 aliphatic heterocycles. The molecule has 0 radical (unpaired) electrons. The number of nitrogens with one attached hydrogen (secondary N) is 1. The zero-order chi connectivity index (χ0) is 8.55. The summed E-state index contributed by atoms with van der Waals surface area (Å²) in [7, 11) is 0. The van der Waals surface area contributed by atoms with Gasteiger partial charge in [-0.1, -0.05) is 26.7 Å². The third-order valence-corrected chi connectivity index (χ3v) is 2.91. The molecule has 0 spiro atoms. The van der Waals surface area contributed by atoms with E-state index < -0.39 is 0 Å². The fourth-order valence-corrected chi connectivity index (χ4v) is 2.16. The van der Waals surface area contributed by atoms with E-state index in [1.54, 1.807) is 0 Å². The highest BCUT2D eigenvalue weighted by Gasteiger charge is 2.31. The maximum Gasteiger partial charge on any atom is 0.0996 e. The predicted octanol–water partition coefficient (Wildman–Crippen LogP) is 1.96. The van der Waals surface area contributed by atoms with Gasteiger partial charge in [-0.25, -0.2) is 0 Å². The lowest BCUT2D eigenvalue weighted by atomic mass is 9.92. The van der Waals surface area contributed by atoms with Gasteiger partial charge >= 0.3 is 0 Å². The summed E-state index contributed by atoms with van der Waals surface area (Å²) < 4.78 is 0. The molecule has 0 amide bonds. The van der Waals surface area contributed by atoms with E-state index in [-0.39, 0.29) is 0 Å². The summed E-state index contributed by atoms with van der Waals surface area (Å²) in [4.78, 5) is 4.72. The fraction of sp³-hybridized carbons (Fsp3) is 0.900. The summed E-state index contributed by atoms with van der Waals surface area (Å²) in [5, 5.41) is 3.54. The van der Waals surface area contributed by atoms with Crippen LogP contribution in [0.2, 0.25) is 0 Å². The number of nitrogens with zero attached hydrogens (tertiary/aromatic N) is 1. The van der Waals surface area contributed by atoms with E-state index in [9.17, 15) is 0 Å². The summed E-state index contributed by atoms with van der Waals surface area (Å²) in [6.45, 7) is 4.42. The Morgan fingerprint density at radius 2 is 2.08 bits per heavy atom. The highest BCUT2D eigenvalue weighted by molar-refractivity contribution is 5.86. The first-order valence-corrected chi connectivity index (χ1v) is 5.11. The van der Waals surface area contributed by atoms with Gasteiger partial charge in [0.2, 0.25) is 0 Å². The first kappa shape index (κ1) is 8.09. The molecule has 1 aliphatic carbocycles. The highest BCUT2D eigenvalue weighted by Crippen LogP contribution is 2.25. The molecule has 1 N–H and O–H groups in total. The molecule has 0 aromatic rings. The first-order chi connectivity index (χ1) is 5.77. The second-order valence-corrected chi connectivity index (χ2v) is 4.27. The number of aliphatic imine (C=N–C) groups is 1. The van der Waals surface area contributed by atoms with Crippen molar-refractivity contribution in [2.45, 2.75) is 51.6 Å². The summed E-state index contributed by atoms with van der Waals surface area (Å²) in [6.07, 6.45) is 5.38. The lowest BCUT2D eigenvalue weighted by Crippen LogP contribution is -2.37. The van der Waals surface area contributed by atoms with Crippen molar-refractivity contribution in [1.82, 2.24) is 5.32 Å². The fourth-order valence-electron chi connectivity index (χ4n) is 2.16. The molecule has 12 heavy (non-hydrogen) atoms. The lowest BCUT2D eigenvalue weighted by Gasteiger charge is -2.23. The minimum atomic E-state index is 0.579. The van der Waals surface area contributed by atoms with Gasteiger partial charge in [0.05, 0.1) is 11.9 Å². The van der Waals surface area contributed by atoms with Gasteiger partial charge in [0.25, 0.3) is 0 Å². The summed E-state index contributed by atoms with van der Waals surface area (Å²) in [6, 6.07) is 1.28. The molecular weight excluding hydrogens is 148 g/mol. The molecule has 0 saturated heterocycles. The molecule has 68 valence electrons. The molecule has 1 fully saturated rings. The zero-order valence-electron chi connectivity index (χ0n) is 8.01. The van der Waals surface area contributed by atoms with E-state index in [0.717, 1.165) is 0 Å². The molecule has 2 heteroatoms. The van der Waals surface area contributed by atoms with Crippen LogP contribution in [0.25, 0.3) is 0 Å². The van der Waals surface area contributed by atoms with E-state index >= 15 is 0 Å². The number of hydrogen-bond donors (Lipinski definition) is 1. The Balaban J connectivity index is 2.04. The van der Waals surface area contributed by atoms with Crippen LogP contribution in [0.4, 0.5) is 0 Å². The van der Waals surface area contributed by atoms with Crippen molar-refractivity contribution in [3.8, 4) is 0 Å². The van der Waals surface area contributed by atoms with Crippen molar-refractivity contribution >= 4 is 5.84 Å². The van der Waals surface area contributed by atoms with Crippen LogP contribution in [0.15, 0.2) is 4.99 Å². The Morgan fingerprint density at radius 1 is 1.33 bits per heavy atom. The summed E-state index contributed by atoms with van der Waals surface area (Å²) in [5.74, 6) is 1.82. The zero-order valence-corrected chi connectivity index (χ0v) is 8.01. The normalized spacial score (nSPS) is 34.4. The van der Waals surface area contributed by atoms with Gasteiger partial charge in [-0.2, -0.15) is 0 Å². The van der Waals surface area contributed by atoms with Gasteiger partial charge in [-0.15, -0.1) is 0 Å². The van der Waals surface area contributed by atoms with E-state index in [2.05, 4.69) is 19.2 Å². The second-order valence-electron chi connectivity index (χ2n) is 4.27. The Hall–Kier alpha value is -0.530. The quantitative estimate of drug-likeness (QED) is 0.632. The maximum atomic E-state index is 4.72. The van der Waals surface area contributed by atoms with Crippen LogP contribution in [-0.4, -0.2) is 17.9 Å². The van der Waals surface area contributed by atoms with Gasteiger partial charge < -0.3 is 5.32 Å². The highest BCUT2D eigenvalue weighted by atomic mass is 15.1. The Labute approximate surface area is 74.5 Å². The molecule has 2 aliphatic rings. The van der Waals surface area contributed by atoms with Gasteiger partial charge in [-0.05, 0) is 12.8 Å². The number of amidine groups is 1. The molecule has 0 aromatic carbocycles. The third kappa shape index (κ3) is 1.35. The summed E-state index contributed by atoms with van der Waals surface area (Å²) in [5.41, 5.74) is 0. The van der Waals surface area contributed by atoms with E-state index in [1.807, 2.05) is 0 Å². The molecule has 2 unspecified atom stereocenters.